The van der Waals surface area contributed by atoms with Gasteiger partial charge in [0.15, 0.2) is 0 Å². The lowest BCUT2D eigenvalue weighted by Gasteiger charge is -2.14. The number of benzene rings is 2. The molecule has 0 spiro atoms. The van der Waals surface area contributed by atoms with Crippen LogP contribution in [-0.2, 0) is 6.18 Å². The van der Waals surface area contributed by atoms with Crippen LogP contribution in [0.5, 0.6) is 0 Å². The second-order valence-electron chi connectivity index (χ2n) is 5.92. The highest BCUT2D eigenvalue weighted by Gasteiger charge is 2.33. The van der Waals surface area contributed by atoms with Crippen LogP contribution < -0.4 is 10.6 Å². The molecule has 3 rings (SSSR count). The van der Waals surface area contributed by atoms with Crippen LogP contribution in [0, 0.1) is 6.92 Å². The van der Waals surface area contributed by atoms with Crippen molar-refractivity contribution < 1.29 is 18.0 Å². The van der Waals surface area contributed by atoms with E-state index >= 15 is 0 Å². The van der Waals surface area contributed by atoms with Gasteiger partial charge in [-0.15, -0.1) is 0 Å². The third-order valence-corrected chi connectivity index (χ3v) is 3.80. The Labute approximate surface area is 154 Å². The van der Waals surface area contributed by atoms with Gasteiger partial charge in [-0.2, -0.15) is 13.2 Å². The molecule has 2 aromatic carbocycles. The molecule has 0 radical (unpaired) electrons. The summed E-state index contributed by atoms with van der Waals surface area (Å²) in [6, 6.07) is 15.4. The molecule has 1 amide bonds. The average molecular weight is 371 g/mol. The first-order chi connectivity index (χ1) is 12.8. The number of hydrogen-bond donors (Lipinski definition) is 2. The lowest BCUT2D eigenvalue weighted by Crippen LogP contribution is -2.12. The number of rotatable bonds is 4. The molecule has 2 N–H and O–H groups in total. The normalized spacial score (nSPS) is 11.1. The zero-order valence-corrected chi connectivity index (χ0v) is 14.3. The van der Waals surface area contributed by atoms with Crippen molar-refractivity contribution in [1.82, 2.24) is 4.98 Å². The molecule has 0 fully saturated rings. The van der Waals surface area contributed by atoms with Gasteiger partial charge in [0.05, 0.1) is 23.1 Å². The van der Waals surface area contributed by atoms with Crippen molar-refractivity contribution in [3.63, 3.8) is 0 Å². The Morgan fingerprint density at radius 3 is 2.44 bits per heavy atom. The number of pyridine rings is 1. The van der Waals surface area contributed by atoms with E-state index in [0.29, 0.717) is 11.3 Å². The molecular weight excluding hydrogens is 355 g/mol. The van der Waals surface area contributed by atoms with Gasteiger partial charge in [-0.1, -0.05) is 29.8 Å². The van der Waals surface area contributed by atoms with Crippen LogP contribution >= 0.6 is 0 Å². The maximum absolute atomic E-state index is 13.0. The maximum Gasteiger partial charge on any atom is 0.418 e. The number of hydrogen-bond acceptors (Lipinski definition) is 3. The minimum absolute atomic E-state index is 0.0888. The molecule has 0 saturated carbocycles. The van der Waals surface area contributed by atoms with Crippen LogP contribution in [0.1, 0.15) is 21.5 Å². The summed E-state index contributed by atoms with van der Waals surface area (Å²) in [4.78, 5) is 16.3. The number of alkyl halides is 3. The molecule has 7 heteroatoms. The van der Waals surface area contributed by atoms with Crippen LogP contribution in [0.25, 0.3) is 0 Å². The number of carbonyl (C=O) groups excluding carboxylic acids is 1. The Morgan fingerprint density at radius 1 is 1.00 bits per heavy atom. The summed E-state index contributed by atoms with van der Waals surface area (Å²) in [6.07, 6.45) is -3.09. The molecule has 0 atom stereocenters. The summed E-state index contributed by atoms with van der Waals surface area (Å²) < 4.78 is 39.1. The smallest absolute Gasteiger partial charge is 0.340 e. The Bertz CT molecular complexity index is 953. The number of aryl methyl sites for hydroxylation is 1. The molecule has 138 valence electrons. The highest BCUT2D eigenvalue weighted by atomic mass is 19.4. The SMILES string of the molecule is Cc1cccc(C(=O)Nc2ccc(Nc3ccccc3C(F)(F)F)nc2)c1. The van der Waals surface area contributed by atoms with Gasteiger partial charge in [-0.3, -0.25) is 4.79 Å². The first kappa shape index (κ1) is 18.4. The van der Waals surface area contributed by atoms with Crippen LogP contribution in [0.15, 0.2) is 66.9 Å². The van der Waals surface area contributed by atoms with Gasteiger partial charge in [-0.05, 0) is 43.3 Å². The van der Waals surface area contributed by atoms with Crippen molar-refractivity contribution >= 4 is 23.1 Å². The van der Waals surface area contributed by atoms with E-state index in [1.165, 1.54) is 30.5 Å². The van der Waals surface area contributed by atoms with Gasteiger partial charge in [0.1, 0.15) is 5.82 Å². The molecule has 0 aliphatic heterocycles. The Balaban J connectivity index is 1.72. The number of aromatic nitrogens is 1. The maximum atomic E-state index is 13.0. The van der Waals surface area contributed by atoms with E-state index in [9.17, 15) is 18.0 Å². The van der Waals surface area contributed by atoms with Crippen LogP contribution in [0.4, 0.5) is 30.4 Å². The second-order valence-corrected chi connectivity index (χ2v) is 5.92. The van der Waals surface area contributed by atoms with Gasteiger partial charge >= 0.3 is 6.18 Å². The fourth-order valence-electron chi connectivity index (χ4n) is 2.51. The lowest BCUT2D eigenvalue weighted by molar-refractivity contribution is -0.136. The fourth-order valence-corrected chi connectivity index (χ4v) is 2.51. The van der Waals surface area contributed by atoms with Crippen LogP contribution in [0.2, 0.25) is 0 Å². The molecule has 0 unspecified atom stereocenters. The number of halogens is 3. The van der Waals surface area contributed by atoms with Gasteiger partial charge in [0, 0.05) is 5.56 Å². The lowest BCUT2D eigenvalue weighted by atomic mass is 10.1. The van der Waals surface area contributed by atoms with Gasteiger partial charge in [0.2, 0.25) is 0 Å². The summed E-state index contributed by atoms with van der Waals surface area (Å²) >= 11 is 0. The Morgan fingerprint density at radius 2 is 1.78 bits per heavy atom. The van der Waals surface area contributed by atoms with Gasteiger partial charge < -0.3 is 10.6 Å². The topological polar surface area (TPSA) is 54.0 Å². The number of anilines is 3. The molecule has 0 bridgehead atoms. The highest BCUT2D eigenvalue weighted by Crippen LogP contribution is 2.35. The molecule has 1 aromatic heterocycles. The van der Waals surface area contributed by atoms with Crippen LogP contribution in [-0.4, -0.2) is 10.9 Å². The van der Waals surface area contributed by atoms with Crippen molar-refractivity contribution in [1.29, 1.82) is 0 Å². The second kappa shape index (κ2) is 7.49. The summed E-state index contributed by atoms with van der Waals surface area (Å²) in [5.74, 6) is -0.0520. The number of amides is 1. The molecule has 4 nitrogen and oxygen atoms in total. The first-order valence-corrected chi connectivity index (χ1v) is 8.10. The van der Waals surface area contributed by atoms with Crippen molar-refractivity contribution in [2.75, 3.05) is 10.6 Å². The van der Waals surface area contributed by atoms with E-state index in [-0.39, 0.29) is 17.4 Å². The average Bonchev–Trinajstić information content (AvgIpc) is 2.63. The van der Waals surface area contributed by atoms with Crippen molar-refractivity contribution in [3.05, 3.63) is 83.6 Å². The summed E-state index contributed by atoms with van der Waals surface area (Å²) in [6.45, 7) is 1.89. The van der Waals surface area contributed by atoms with Crippen LogP contribution in [0.3, 0.4) is 0 Å². The predicted molar refractivity (Wildman–Crippen MR) is 98.1 cm³/mol. The predicted octanol–water partition coefficient (Wildman–Crippen LogP) is 5.40. The van der Waals surface area contributed by atoms with E-state index in [1.807, 2.05) is 13.0 Å². The third kappa shape index (κ3) is 4.63. The third-order valence-electron chi connectivity index (χ3n) is 3.80. The van der Waals surface area contributed by atoms with Crippen molar-refractivity contribution in [2.24, 2.45) is 0 Å². The molecule has 1 heterocycles. The zero-order valence-electron chi connectivity index (χ0n) is 14.3. The minimum Gasteiger partial charge on any atom is -0.340 e. The standard InChI is InChI=1S/C20H16F3N3O/c1-13-5-4-6-14(11-13)19(27)25-15-9-10-18(24-12-15)26-17-8-3-2-7-16(17)20(21,22)23/h2-12H,1H3,(H,24,26)(H,25,27). The van der Waals surface area contributed by atoms with E-state index < -0.39 is 11.7 Å². The summed E-state index contributed by atoms with van der Waals surface area (Å²) in [7, 11) is 0. The highest BCUT2D eigenvalue weighted by molar-refractivity contribution is 6.04. The van der Waals surface area contributed by atoms with Gasteiger partial charge in [-0.25, -0.2) is 4.98 Å². The molecule has 27 heavy (non-hydrogen) atoms. The van der Waals surface area contributed by atoms with E-state index in [2.05, 4.69) is 15.6 Å². The first-order valence-electron chi connectivity index (χ1n) is 8.10. The number of carbonyl (C=O) groups is 1. The largest absolute Gasteiger partial charge is 0.418 e. The molecule has 0 aliphatic rings. The van der Waals surface area contributed by atoms with E-state index in [4.69, 9.17) is 0 Å². The minimum atomic E-state index is -4.47. The van der Waals surface area contributed by atoms with E-state index in [1.54, 1.807) is 24.3 Å². The quantitative estimate of drug-likeness (QED) is 0.645. The molecular formula is C20H16F3N3O. The molecule has 0 aliphatic carbocycles. The fraction of sp³-hybridized carbons (Fsp3) is 0.100. The number of nitrogens with one attached hydrogen (secondary N) is 2. The van der Waals surface area contributed by atoms with Crippen molar-refractivity contribution in [2.45, 2.75) is 13.1 Å². The number of nitrogens with zero attached hydrogens (tertiary/aromatic N) is 1. The van der Waals surface area contributed by atoms with Crippen molar-refractivity contribution in [3.8, 4) is 0 Å². The summed E-state index contributed by atoms with van der Waals surface area (Å²) in [5, 5.41) is 5.36. The molecule has 3 aromatic rings. The van der Waals surface area contributed by atoms with E-state index in [0.717, 1.165) is 11.6 Å². The molecule has 0 saturated heterocycles. The zero-order chi connectivity index (χ0) is 19.4. The Kier molecular flexibility index (Phi) is 5.12. The Hall–Kier alpha value is -3.35. The summed E-state index contributed by atoms with van der Waals surface area (Å²) in [5.41, 5.74) is 1.05. The van der Waals surface area contributed by atoms with Gasteiger partial charge in [0.25, 0.3) is 5.91 Å². The number of para-hydroxylation sites is 1. The monoisotopic (exact) mass is 371 g/mol.